The molecule has 1 heterocycles. The fraction of sp³-hybridized carbons (Fsp3) is 0.200. The van der Waals surface area contributed by atoms with Crippen LogP contribution >= 0.6 is 0 Å². The number of halogens is 1. The average molecular weight is 338 g/mol. The Morgan fingerprint density at radius 1 is 1.16 bits per heavy atom. The Morgan fingerprint density at radius 3 is 2.60 bits per heavy atom. The van der Waals surface area contributed by atoms with Crippen molar-refractivity contribution >= 4 is 17.5 Å². The molecular formula is C20H19FN2O2. The van der Waals surface area contributed by atoms with Crippen LogP contribution in [0.2, 0.25) is 0 Å². The second kappa shape index (κ2) is 6.89. The summed E-state index contributed by atoms with van der Waals surface area (Å²) in [6, 6.07) is 11.7. The van der Waals surface area contributed by atoms with Gasteiger partial charge in [-0.15, -0.1) is 0 Å². The molecule has 0 aliphatic carbocycles. The topological polar surface area (TPSA) is 58.2 Å². The molecule has 0 fully saturated rings. The van der Waals surface area contributed by atoms with Crippen LogP contribution in [0.3, 0.4) is 0 Å². The van der Waals surface area contributed by atoms with E-state index in [1.54, 1.807) is 12.1 Å². The summed E-state index contributed by atoms with van der Waals surface area (Å²) in [5.41, 5.74) is 3.92. The second-order valence-corrected chi connectivity index (χ2v) is 6.25. The number of carbonyl (C=O) groups is 2. The smallest absolute Gasteiger partial charge is 0.253 e. The number of anilines is 1. The maximum absolute atomic E-state index is 13.2. The molecule has 0 radical (unpaired) electrons. The maximum Gasteiger partial charge on any atom is 0.253 e. The molecule has 25 heavy (non-hydrogen) atoms. The molecule has 2 N–H and O–H groups in total. The normalized spacial score (nSPS) is 16.8. The summed E-state index contributed by atoms with van der Waals surface area (Å²) in [6.45, 7) is 3.88. The van der Waals surface area contributed by atoms with Gasteiger partial charge in [0.1, 0.15) is 5.82 Å². The SMILES string of the molecule is Cc1ccc(C)c(NC(=O)C2=CNC(=O)CC2c2ccc(F)cc2)c1. The third-order valence-corrected chi connectivity index (χ3v) is 4.33. The number of hydrogen-bond donors (Lipinski definition) is 2. The lowest BCUT2D eigenvalue weighted by Crippen LogP contribution is -2.32. The van der Waals surface area contributed by atoms with Gasteiger partial charge in [-0.2, -0.15) is 0 Å². The first kappa shape index (κ1) is 16.9. The number of hydrogen-bond acceptors (Lipinski definition) is 2. The van der Waals surface area contributed by atoms with Crippen molar-refractivity contribution in [1.29, 1.82) is 0 Å². The van der Waals surface area contributed by atoms with Gasteiger partial charge in [0, 0.05) is 29.8 Å². The average Bonchev–Trinajstić information content (AvgIpc) is 2.58. The van der Waals surface area contributed by atoms with Gasteiger partial charge >= 0.3 is 0 Å². The van der Waals surface area contributed by atoms with E-state index in [4.69, 9.17) is 0 Å². The molecule has 2 aromatic carbocycles. The van der Waals surface area contributed by atoms with E-state index in [1.165, 1.54) is 18.3 Å². The van der Waals surface area contributed by atoms with E-state index in [2.05, 4.69) is 10.6 Å². The van der Waals surface area contributed by atoms with E-state index in [0.29, 0.717) is 5.57 Å². The Balaban J connectivity index is 1.89. The van der Waals surface area contributed by atoms with E-state index in [1.807, 2.05) is 32.0 Å². The predicted molar refractivity (Wildman–Crippen MR) is 94.5 cm³/mol. The summed E-state index contributed by atoms with van der Waals surface area (Å²) in [7, 11) is 0. The van der Waals surface area contributed by atoms with E-state index < -0.39 is 5.92 Å². The van der Waals surface area contributed by atoms with Gasteiger partial charge in [-0.25, -0.2) is 4.39 Å². The minimum atomic E-state index is -0.403. The van der Waals surface area contributed by atoms with Gasteiger partial charge in [-0.05, 0) is 48.7 Å². The number of rotatable bonds is 3. The molecule has 0 aromatic heterocycles. The van der Waals surface area contributed by atoms with Crippen molar-refractivity contribution in [3.05, 3.63) is 76.7 Å². The second-order valence-electron chi connectivity index (χ2n) is 6.25. The zero-order chi connectivity index (χ0) is 18.0. The van der Waals surface area contributed by atoms with Crippen LogP contribution in [0.25, 0.3) is 0 Å². The Bertz CT molecular complexity index is 856. The summed E-state index contributed by atoms with van der Waals surface area (Å²) in [5, 5.41) is 5.51. The van der Waals surface area contributed by atoms with Gasteiger partial charge in [0.05, 0.1) is 0 Å². The van der Waals surface area contributed by atoms with Crippen LogP contribution in [0.15, 0.2) is 54.2 Å². The molecule has 5 heteroatoms. The quantitative estimate of drug-likeness (QED) is 0.899. The standard InChI is InChI=1S/C20H19FN2O2/c1-12-3-4-13(2)18(9-12)23-20(25)17-11-22-19(24)10-16(17)14-5-7-15(21)8-6-14/h3-9,11,16H,10H2,1-2H3,(H,22,24)(H,23,25). The van der Waals surface area contributed by atoms with Gasteiger partial charge in [0.2, 0.25) is 5.91 Å². The van der Waals surface area contributed by atoms with Crippen molar-refractivity contribution in [2.45, 2.75) is 26.2 Å². The molecule has 0 saturated carbocycles. The van der Waals surface area contributed by atoms with Gasteiger partial charge in [0.15, 0.2) is 0 Å². The van der Waals surface area contributed by atoms with Crippen LogP contribution in [0.4, 0.5) is 10.1 Å². The Hall–Kier alpha value is -2.95. The minimum absolute atomic E-state index is 0.150. The Morgan fingerprint density at radius 2 is 1.88 bits per heavy atom. The Labute approximate surface area is 145 Å². The van der Waals surface area contributed by atoms with Crippen LogP contribution < -0.4 is 10.6 Å². The van der Waals surface area contributed by atoms with Crippen LogP contribution in [-0.2, 0) is 9.59 Å². The maximum atomic E-state index is 13.2. The third-order valence-electron chi connectivity index (χ3n) is 4.33. The van der Waals surface area contributed by atoms with Crippen LogP contribution in [0.5, 0.6) is 0 Å². The molecule has 4 nitrogen and oxygen atoms in total. The highest BCUT2D eigenvalue weighted by Gasteiger charge is 2.29. The fourth-order valence-corrected chi connectivity index (χ4v) is 2.89. The summed E-state index contributed by atoms with van der Waals surface area (Å²) in [4.78, 5) is 24.6. The van der Waals surface area contributed by atoms with Crippen molar-refractivity contribution in [1.82, 2.24) is 5.32 Å². The lowest BCUT2D eigenvalue weighted by Gasteiger charge is -2.24. The zero-order valence-corrected chi connectivity index (χ0v) is 14.1. The Kier molecular flexibility index (Phi) is 4.65. The lowest BCUT2D eigenvalue weighted by molar-refractivity contribution is -0.121. The monoisotopic (exact) mass is 338 g/mol. The summed E-state index contributed by atoms with van der Waals surface area (Å²) < 4.78 is 13.2. The molecule has 0 bridgehead atoms. The predicted octanol–water partition coefficient (Wildman–Crippen LogP) is 3.57. The molecule has 1 aliphatic rings. The van der Waals surface area contributed by atoms with Crippen molar-refractivity contribution in [3.8, 4) is 0 Å². The van der Waals surface area contributed by atoms with E-state index in [0.717, 1.165) is 22.4 Å². The molecule has 3 rings (SSSR count). The molecule has 1 atom stereocenters. The molecular weight excluding hydrogens is 319 g/mol. The number of amides is 2. The van der Waals surface area contributed by atoms with Crippen LogP contribution in [0, 0.1) is 19.7 Å². The molecule has 2 aromatic rings. The first-order valence-corrected chi connectivity index (χ1v) is 8.07. The third kappa shape index (κ3) is 3.76. The van der Waals surface area contributed by atoms with E-state index in [-0.39, 0.29) is 24.1 Å². The lowest BCUT2D eigenvalue weighted by atomic mass is 9.86. The van der Waals surface area contributed by atoms with Crippen LogP contribution in [0.1, 0.15) is 29.0 Å². The molecule has 0 spiro atoms. The molecule has 1 unspecified atom stereocenters. The van der Waals surface area contributed by atoms with Crippen molar-refractivity contribution in [2.75, 3.05) is 5.32 Å². The van der Waals surface area contributed by atoms with Gasteiger partial charge in [-0.1, -0.05) is 24.3 Å². The van der Waals surface area contributed by atoms with Crippen molar-refractivity contribution < 1.29 is 14.0 Å². The number of aryl methyl sites for hydroxylation is 2. The summed E-state index contributed by atoms with van der Waals surface area (Å²) in [6.07, 6.45) is 1.60. The molecule has 1 aliphatic heterocycles. The van der Waals surface area contributed by atoms with Crippen molar-refractivity contribution in [3.63, 3.8) is 0 Å². The highest BCUT2D eigenvalue weighted by molar-refractivity contribution is 6.06. The molecule has 2 amide bonds. The van der Waals surface area contributed by atoms with Gasteiger partial charge < -0.3 is 10.6 Å². The summed E-state index contributed by atoms with van der Waals surface area (Å²) >= 11 is 0. The molecule has 128 valence electrons. The summed E-state index contributed by atoms with van der Waals surface area (Å²) in [5.74, 6) is -1.20. The van der Waals surface area contributed by atoms with Crippen LogP contribution in [-0.4, -0.2) is 11.8 Å². The van der Waals surface area contributed by atoms with Crippen molar-refractivity contribution in [2.24, 2.45) is 0 Å². The first-order chi connectivity index (χ1) is 11.9. The number of benzene rings is 2. The number of nitrogens with one attached hydrogen (secondary N) is 2. The zero-order valence-electron chi connectivity index (χ0n) is 14.1. The fourth-order valence-electron chi connectivity index (χ4n) is 2.89. The number of carbonyl (C=O) groups excluding carboxylic acids is 2. The highest BCUT2D eigenvalue weighted by Crippen LogP contribution is 2.31. The largest absolute Gasteiger partial charge is 0.332 e. The van der Waals surface area contributed by atoms with Gasteiger partial charge in [0.25, 0.3) is 5.91 Å². The highest BCUT2D eigenvalue weighted by atomic mass is 19.1. The van der Waals surface area contributed by atoms with E-state index >= 15 is 0 Å². The molecule has 0 saturated heterocycles. The van der Waals surface area contributed by atoms with E-state index in [9.17, 15) is 14.0 Å². The van der Waals surface area contributed by atoms with Gasteiger partial charge in [-0.3, -0.25) is 9.59 Å². The first-order valence-electron chi connectivity index (χ1n) is 8.07. The minimum Gasteiger partial charge on any atom is -0.332 e.